The SMILES string of the molecule is CC(C)(C)CC(N=C(NC(=O)OC1CCN(C(=O)O)CC1)N1CCOCC1)C(=O)NC1(C#N)CCCC1. The van der Waals surface area contributed by atoms with Gasteiger partial charge in [-0.1, -0.05) is 20.8 Å². The Hall–Kier alpha value is -3.07. The van der Waals surface area contributed by atoms with E-state index in [0.29, 0.717) is 71.5 Å². The molecule has 206 valence electrons. The zero-order chi connectivity index (χ0) is 27.1. The van der Waals surface area contributed by atoms with E-state index >= 15 is 0 Å². The molecule has 0 aromatic carbocycles. The summed E-state index contributed by atoms with van der Waals surface area (Å²) < 4.78 is 11.0. The maximum atomic E-state index is 13.4. The van der Waals surface area contributed by atoms with Crippen LogP contribution in [0.15, 0.2) is 4.99 Å². The molecule has 12 heteroatoms. The monoisotopic (exact) mass is 520 g/mol. The summed E-state index contributed by atoms with van der Waals surface area (Å²) in [6.45, 7) is 8.52. The van der Waals surface area contributed by atoms with Crippen molar-refractivity contribution in [3.63, 3.8) is 0 Å². The fourth-order valence-electron chi connectivity index (χ4n) is 4.89. The van der Waals surface area contributed by atoms with Gasteiger partial charge in [0.05, 0.1) is 19.3 Å². The maximum absolute atomic E-state index is 13.4. The number of rotatable bonds is 5. The molecule has 3 fully saturated rings. The molecule has 3 amide bonds. The van der Waals surface area contributed by atoms with Crippen LogP contribution in [0, 0.1) is 16.7 Å². The number of carbonyl (C=O) groups excluding carboxylic acids is 2. The minimum absolute atomic E-state index is 0.234. The first kappa shape index (κ1) is 28.5. The Balaban J connectivity index is 1.76. The molecular weight excluding hydrogens is 480 g/mol. The molecule has 2 aliphatic heterocycles. The lowest BCUT2D eigenvalue weighted by atomic mass is 9.87. The van der Waals surface area contributed by atoms with Gasteiger partial charge in [0.1, 0.15) is 17.7 Å². The fraction of sp³-hybridized carbons (Fsp3) is 0.800. The van der Waals surface area contributed by atoms with Crippen molar-refractivity contribution in [2.45, 2.75) is 83.4 Å². The fourth-order valence-corrected chi connectivity index (χ4v) is 4.89. The number of likely N-dealkylation sites (tertiary alicyclic amines) is 1. The van der Waals surface area contributed by atoms with Crippen molar-refractivity contribution in [1.82, 2.24) is 20.4 Å². The van der Waals surface area contributed by atoms with Gasteiger partial charge >= 0.3 is 12.2 Å². The Morgan fingerprint density at radius 2 is 1.76 bits per heavy atom. The third-order valence-corrected chi connectivity index (χ3v) is 6.93. The predicted octanol–water partition coefficient (Wildman–Crippen LogP) is 2.30. The number of ether oxygens (including phenoxy) is 2. The first-order chi connectivity index (χ1) is 17.5. The van der Waals surface area contributed by atoms with Gasteiger partial charge in [0.25, 0.3) is 0 Å². The summed E-state index contributed by atoms with van der Waals surface area (Å²) in [7, 11) is 0. The van der Waals surface area contributed by atoms with E-state index in [9.17, 15) is 19.6 Å². The molecule has 0 aromatic rings. The number of nitrogens with zero attached hydrogens (tertiary/aromatic N) is 4. The lowest BCUT2D eigenvalue weighted by molar-refractivity contribution is -0.124. The quantitative estimate of drug-likeness (QED) is 0.368. The van der Waals surface area contributed by atoms with Gasteiger partial charge in [-0.05, 0) is 37.5 Å². The summed E-state index contributed by atoms with van der Waals surface area (Å²) in [5, 5.41) is 24.6. The van der Waals surface area contributed by atoms with Crippen LogP contribution < -0.4 is 10.6 Å². The highest BCUT2D eigenvalue weighted by atomic mass is 16.6. The normalized spacial score (nSPS) is 21.6. The van der Waals surface area contributed by atoms with E-state index < -0.39 is 29.9 Å². The highest BCUT2D eigenvalue weighted by molar-refractivity contribution is 5.96. The number of hydrogen-bond donors (Lipinski definition) is 3. The van der Waals surface area contributed by atoms with Crippen LogP contribution in [0.25, 0.3) is 0 Å². The van der Waals surface area contributed by atoms with Crippen molar-refractivity contribution in [2.24, 2.45) is 10.4 Å². The summed E-state index contributed by atoms with van der Waals surface area (Å²) in [4.78, 5) is 45.3. The number of amides is 3. The van der Waals surface area contributed by atoms with E-state index in [-0.39, 0.29) is 17.3 Å². The molecule has 1 unspecified atom stereocenters. The van der Waals surface area contributed by atoms with E-state index in [2.05, 4.69) is 16.7 Å². The lowest BCUT2D eigenvalue weighted by Crippen LogP contribution is -2.53. The van der Waals surface area contributed by atoms with E-state index in [1.54, 1.807) is 0 Å². The van der Waals surface area contributed by atoms with Crippen LogP contribution in [0.4, 0.5) is 9.59 Å². The molecule has 0 bridgehead atoms. The number of alkyl carbamates (subject to hydrolysis) is 1. The number of piperidine rings is 1. The van der Waals surface area contributed by atoms with Crippen molar-refractivity contribution in [1.29, 1.82) is 5.26 Å². The molecule has 12 nitrogen and oxygen atoms in total. The van der Waals surface area contributed by atoms with Gasteiger partial charge in [0, 0.05) is 39.0 Å². The Morgan fingerprint density at radius 3 is 2.30 bits per heavy atom. The number of morpholine rings is 1. The van der Waals surface area contributed by atoms with Gasteiger partial charge in [-0.2, -0.15) is 5.26 Å². The third-order valence-electron chi connectivity index (χ3n) is 6.93. The van der Waals surface area contributed by atoms with Crippen LogP contribution in [-0.4, -0.2) is 96.0 Å². The van der Waals surface area contributed by atoms with Crippen LogP contribution >= 0.6 is 0 Å². The first-order valence-corrected chi connectivity index (χ1v) is 13.1. The van der Waals surface area contributed by atoms with E-state index in [4.69, 9.17) is 19.6 Å². The predicted molar refractivity (Wildman–Crippen MR) is 135 cm³/mol. The lowest BCUT2D eigenvalue weighted by Gasteiger charge is -2.33. The van der Waals surface area contributed by atoms with Gasteiger partial charge < -0.3 is 29.7 Å². The molecule has 1 atom stereocenters. The zero-order valence-corrected chi connectivity index (χ0v) is 22.1. The van der Waals surface area contributed by atoms with Gasteiger partial charge in [-0.3, -0.25) is 10.1 Å². The minimum Gasteiger partial charge on any atom is -0.465 e. The summed E-state index contributed by atoms with van der Waals surface area (Å²) in [6, 6.07) is 1.48. The van der Waals surface area contributed by atoms with Crippen LogP contribution in [0.3, 0.4) is 0 Å². The van der Waals surface area contributed by atoms with Gasteiger partial charge in [-0.15, -0.1) is 0 Å². The summed E-state index contributed by atoms with van der Waals surface area (Å²) >= 11 is 0. The number of guanidine groups is 1. The molecule has 1 aliphatic carbocycles. The Morgan fingerprint density at radius 1 is 1.14 bits per heavy atom. The number of nitriles is 1. The van der Waals surface area contributed by atoms with E-state index in [1.165, 1.54) is 4.90 Å². The van der Waals surface area contributed by atoms with Crippen molar-refractivity contribution >= 4 is 24.1 Å². The molecule has 2 saturated heterocycles. The molecule has 0 spiro atoms. The van der Waals surface area contributed by atoms with Gasteiger partial charge in [0.2, 0.25) is 11.9 Å². The first-order valence-electron chi connectivity index (χ1n) is 13.1. The molecule has 3 N–H and O–H groups in total. The second-order valence-electron chi connectivity index (χ2n) is 11.2. The van der Waals surface area contributed by atoms with Crippen molar-refractivity contribution in [2.75, 3.05) is 39.4 Å². The molecule has 3 rings (SSSR count). The van der Waals surface area contributed by atoms with Gasteiger partial charge in [0.15, 0.2) is 0 Å². The zero-order valence-electron chi connectivity index (χ0n) is 22.1. The van der Waals surface area contributed by atoms with Crippen LogP contribution in [0.5, 0.6) is 0 Å². The second-order valence-corrected chi connectivity index (χ2v) is 11.2. The minimum atomic E-state index is -0.983. The highest BCUT2D eigenvalue weighted by Gasteiger charge is 2.38. The maximum Gasteiger partial charge on any atom is 0.414 e. The van der Waals surface area contributed by atoms with Crippen molar-refractivity contribution in [3.8, 4) is 6.07 Å². The smallest absolute Gasteiger partial charge is 0.414 e. The molecule has 0 aromatic heterocycles. The Bertz CT molecular complexity index is 890. The van der Waals surface area contributed by atoms with Crippen molar-refractivity contribution < 1.29 is 29.0 Å². The van der Waals surface area contributed by atoms with E-state index in [0.717, 1.165) is 12.8 Å². The summed E-state index contributed by atoms with van der Waals surface area (Å²) in [6.07, 6.45) is 2.15. The summed E-state index contributed by atoms with van der Waals surface area (Å²) in [5.41, 5.74) is -1.12. The average Bonchev–Trinajstić information content (AvgIpc) is 3.32. The molecule has 0 radical (unpaired) electrons. The molecular formula is C25H40N6O6. The number of hydrogen-bond acceptors (Lipinski definition) is 7. The average molecular weight is 521 g/mol. The summed E-state index contributed by atoms with van der Waals surface area (Å²) in [5.74, 6) is -0.0987. The second kappa shape index (κ2) is 12.4. The standard InChI is InChI=1S/C25H40N6O6/c1-24(2,3)16-19(20(32)29-25(17-26)8-4-5-9-25)27-21(30-12-14-36-15-13-30)28-22(33)37-18-6-10-31(11-7-18)23(34)35/h18-19H,4-16H2,1-3H3,(H,29,32)(H,34,35)(H,27,28,33). The Labute approximate surface area is 218 Å². The molecule has 37 heavy (non-hydrogen) atoms. The molecule has 2 heterocycles. The largest absolute Gasteiger partial charge is 0.465 e. The van der Waals surface area contributed by atoms with E-state index in [1.807, 2.05) is 25.7 Å². The van der Waals surface area contributed by atoms with Crippen LogP contribution in [-0.2, 0) is 14.3 Å². The van der Waals surface area contributed by atoms with Crippen molar-refractivity contribution in [3.05, 3.63) is 0 Å². The molecule has 1 saturated carbocycles. The number of carbonyl (C=O) groups is 3. The Kier molecular flexibility index (Phi) is 9.59. The van der Waals surface area contributed by atoms with Crippen LogP contribution in [0.2, 0.25) is 0 Å². The molecule has 3 aliphatic rings. The highest BCUT2D eigenvalue weighted by Crippen LogP contribution is 2.30. The number of nitrogens with one attached hydrogen (secondary N) is 2. The van der Waals surface area contributed by atoms with Crippen LogP contribution in [0.1, 0.15) is 65.7 Å². The topological polar surface area (TPSA) is 157 Å². The van der Waals surface area contributed by atoms with Gasteiger partial charge in [-0.25, -0.2) is 14.6 Å². The number of aliphatic imine (C=N–C) groups is 1. The number of carboxylic acid groups (broad SMARTS) is 1. The third kappa shape index (κ3) is 8.49.